The summed E-state index contributed by atoms with van der Waals surface area (Å²) in [6.07, 6.45) is 0. The summed E-state index contributed by atoms with van der Waals surface area (Å²) in [5.74, 6) is 0.715. The number of benzene rings is 1. The highest BCUT2D eigenvalue weighted by molar-refractivity contribution is 7.07. The van der Waals surface area contributed by atoms with Crippen LogP contribution in [0.5, 0.6) is 11.5 Å². The van der Waals surface area contributed by atoms with Crippen molar-refractivity contribution in [2.45, 2.75) is 6.54 Å². The zero-order valence-corrected chi connectivity index (χ0v) is 11.5. The van der Waals surface area contributed by atoms with Gasteiger partial charge in [0.2, 0.25) is 0 Å². The number of carbonyl (C=O) groups excluding carboxylic acids is 1. The molecule has 5 nitrogen and oxygen atoms in total. The number of hydrogen-bond donors (Lipinski definition) is 1. The predicted molar refractivity (Wildman–Crippen MR) is 72.8 cm³/mol. The zero-order chi connectivity index (χ0) is 13.7. The van der Waals surface area contributed by atoms with Crippen molar-refractivity contribution < 1.29 is 14.3 Å². The fraction of sp³-hybridized carbons (Fsp3) is 0.231. The Kier molecular flexibility index (Phi) is 4.35. The van der Waals surface area contributed by atoms with Crippen LogP contribution in [0, 0.1) is 0 Å². The van der Waals surface area contributed by atoms with Gasteiger partial charge in [-0.15, -0.1) is 11.3 Å². The Morgan fingerprint density at radius 3 is 2.53 bits per heavy atom. The minimum absolute atomic E-state index is 0.248. The van der Waals surface area contributed by atoms with E-state index in [0.717, 1.165) is 5.69 Å². The molecule has 0 bridgehead atoms. The lowest BCUT2D eigenvalue weighted by atomic mass is 10.1. The molecule has 1 heterocycles. The van der Waals surface area contributed by atoms with Crippen LogP contribution in [-0.2, 0) is 6.54 Å². The van der Waals surface area contributed by atoms with Crippen LogP contribution in [0.1, 0.15) is 16.1 Å². The van der Waals surface area contributed by atoms with Crippen molar-refractivity contribution in [3.8, 4) is 11.5 Å². The molecule has 0 fully saturated rings. The monoisotopic (exact) mass is 278 g/mol. The molecule has 100 valence electrons. The average molecular weight is 278 g/mol. The molecule has 0 aliphatic carbocycles. The van der Waals surface area contributed by atoms with Gasteiger partial charge in [-0.05, 0) is 12.1 Å². The van der Waals surface area contributed by atoms with Gasteiger partial charge in [-0.1, -0.05) is 6.07 Å². The number of aromatic nitrogens is 1. The Labute approximate surface area is 115 Å². The standard InChI is InChI=1S/C13H14N2O3S/c1-17-10-4-3-5-11(18-2)12(10)13(16)14-6-9-7-19-8-15-9/h3-5,7-8H,6H2,1-2H3,(H,14,16). The lowest BCUT2D eigenvalue weighted by Gasteiger charge is -2.12. The van der Waals surface area contributed by atoms with Crippen LogP contribution in [0.15, 0.2) is 29.1 Å². The Morgan fingerprint density at radius 2 is 2.00 bits per heavy atom. The van der Waals surface area contributed by atoms with E-state index in [4.69, 9.17) is 9.47 Å². The van der Waals surface area contributed by atoms with Crippen LogP contribution in [0.25, 0.3) is 0 Å². The summed E-state index contributed by atoms with van der Waals surface area (Å²) in [5, 5.41) is 4.68. The number of nitrogens with one attached hydrogen (secondary N) is 1. The van der Waals surface area contributed by atoms with E-state index in [-0.39, 0.29) is 5.91 Å². The van der Waals surface area contributed by atoms with Crippen molar-refractivity contribution in [1.29, 1.82) is 0 Å². The van der Waals surface area contributed by atoms with E-state index in [1.165, 1.54) is 25.6 Å². The summed E-state index contributed by atoms with van der Waals surface area (Å²) in [5.41, 5.74) is 2.94. The second-order valence-corrected chi connectivity index (χ2v) is 4.42. The number of amides is 1. The summed E-state index contributed by atoms with van der Waals surface area (Å²) < 4.78 is 10.4. The molecule has 6 heteroatoms. The van der Waals surface area contributed by atoms with Gasteiger partial charge in [0, 0.05) is 5.38 Å². The molecule has 0 radical (unpaired) electrons. The molecular formula is C13H14N2O3S. The van der Waals surface area contributed by atoms with Gasteiger partial charge in [0.25, 0.3) is 5.91 Å². The Hall–Kier alpha value is -2.08. The molecule has 2 rings (SSSR count). The van der Waals surface area contributed by atoms with E-state index in [1.807, 2.05) is 5.38 Å². The van der Waals surface area contributed by atoms with Crippen molar-refractivity contribution in [3.63, 3.8) is 0 Å². The van der Waals surface area contributed by atoms with Gasteiger partial charge in [-0.25, -0.2) is 4.98 Å². The average Bonchev–Trinajstić information content (AvgIpc) is 2.97. The maximum Gasteiger partial charge on any atom is 0.259 e. The predicted octanol–water partition coefficient (Wildman–Crippen LogP) is 2.09. The van der Waals surface area contributed by atoms with Gasteiger partial charge >= 0.3 is 0 Å². The highest BCUT2D eigenvalue weighted by atomic mass is 32.1. The third-order valence-corrected chi connectivity index (χ3v) is 3.20. The minimum atomic E-state index is -0.248. The molecule has 19 heavy (non-hydrogen) atoms. The van der Waals surface area contributed by atoms with Crippen LogP contribution in [0.3, 0.4) is 0 Å². The summed E-state index contributed by atoms with van der Waals surface area (Å²) in [4.78, 5) is 16.3. The molecule has 1 aromatic carbocycles. The van der Waals surface area contributed by atoms with Crippen LogP contribution in [0.4, 0.5) is 0 Å². The Balaban J connectivity index is 2.18. The normalized spacial score (nSPS) is 10.0. The van der Waals surface area contributed by atoms with E-state index in [9.17, 15) is 4.79 Å². The second kappa shape index (κ2) is 6.19. The lowest BCUT2D eigenvalue weighted by molar-refractivity contribution is 0.0944. The summed E-state index contributed by atoms with van der Waals surface area (Å²) in [6, 6.07) is 5.22. The third kappa shape index (κ3) is 3.03. The number of thiazole rings is 1. The molecule has 0 aliphatic rings. The first-order valence-corrected chi connectivity index (χ1v) is 6.56. The van der Waals surface area contributed by atoms with Crippen molar-refractivity contribution in [1.82, 2.24) is 10.3 Å². The number of nitrogens with zero attached hydrogens (tertiary/aromatic N) is 1. The quantitative estimate of drug-likeness (QED) is 0.909. The van der Waals surface area contributed by atoms with Gasteiger partial charge in [0.05, 0.1) is 32.0 Å². The fourth-order valence-electron chi connectivity index (χ4n) is 1.66. The zero-order valence-electron chi connectivity index (χ0n) is 10.7. The number of carbonyl (C=O) groups is 1. The third-order valence-electron chi connectivity index (χ3n) is 2.57. The Bertz CT molecular complexity index is 533. The maximum absolute atomic E-state index is 12.2. The van der Waals surface area contributed by atoms with Crippen LogP contribution < -0.4 is 14.8 Å². The second-order valence-electron chi connectivity index (χ2n) is 3.70. The SMILES string of the molecule is COc1cccc(OC)c1C(=O)NCc1cscn1. The molecule has 0 saturated heterocycles. The highest BCUT2D eigenvalue weighted by Gasteiger charge is 2.17. The van der Waals surface area contributed by atoms with Gasteiger partial charge in [0.1, 0.15) is 17.1 Å². The summed E-state index contributed by atoms with van der Waals surface area (Å²) in [7, 11) is 3.04. The minimum Gasteiger partial charge on any atom is -0.496 e. The number of hydrogen-bond acceptors (Lipinski definition) is 5. The first-order valence-electron chi connectivity index (χ1n) is 5.62. The summed E-state index contributed by atoms with van der Waals surface area (Å²) >= 11 is 1.49. The topological polar surface area (TPSA) is 60.5 Å². The first kappa shape index (κ1) is 13.4. The molecule has 0 aliphatic heterocycles. The number of methoxy groups -OCH3 is 2. The molecule has 0 atom stereocenters. The van der Waals surface area contributed by atoms with Crippen molar-refractivity contribution in [2.75, 3.05) is 14.2 Å². The van der Waals surface area contributed by atoms with Gasteiger partial charge in [-0.3, -0.25) is 4.79 Å². The van der Waals surface area contributed by atoms with Crippen LogP contribution >= 0.6 is 11.3 Å². The molecule has 0 saturated carbocycles. The van der Waals surface area contributed by atoms with Crippen molar-refractivity contribution in [3.05, 3.63) is 40.3 Å². The number of ether oxygens (including phenoxy) is 2. The lowest BCUT2D eigenvalue weighted by Crippen LogP contribution is -2.24. The van der Waals surface area contributed by atoms with E-state index in [1.54, 1.807) is 23.7 Å². The fourth-order valence-corrected chi connectivity index (χ4v) is 2.22. The maximum atomic E-state index is 12.2. The van der Waals surface area contributed by atoms with Crippen molar-refractivity contribution >= 4 is 17.2 Å². The van der Waals surface area contributed by atoms with Crippen molar-refractivity contribution in [2.24, 2.45) is 0 Å². The van der Waals surface area contributed by atoms with Crippen LogP contribution in [-0.4, -0.2) is 25.1 Å². The molecule has 1 aromatic heterocycles. The van der Waals surface area contributed by atoms with E-state index < -0.39 is 0 Å². The van der Waals surface area contributed by atoms with E-state index in [0.29, 0.717) is 23.6 Å². The molecule has 0 unspecified atom stereocenters. The first-order chi connectivity index (χ1) is 9.26. The van der Waals surface area contributed by atoms with Gasteiger partial charge in [0.15, 0.2) is 0 Å². The van der Waals surface area contributed by atoms with E-state index >= 15 is 0 Å². The number of rotatable bonds is 5. The molecule has 1 amide bonds. The van der Waals surface area contributed by atoms with E-state index in [2.05, 4.69) is 10.3 Å². The van der Waals surface area contributed by atoms with Crippen LogP contribution in [0.2, 0.25) is 0 Å². The molecule has 1 N–H and O–H groups in total. The largest absolute Gasteiger partial charge is 0.496 e. The molecule has 2 aromatic rings. The highest BCUT2D eigenvalue weighted by Crippen LogP contribution is 2.27. The summed E-state index contributed by atoms with van der Waals surface area (Å²) in [6.45, 7) is 0.379. The smallest absolute Gasteiger partial charge is 0.259 e. The van der Waals surface area contributed by atoms with Gasteiger partial charge < -0.3 is 14.8 Å². The molecular weight excluding hydrogens is 264 g/mol. The molecule has 0 spiro atoms. The Morgan fingerprint density at radius 1 is 1.32 bits per heavy atom. The van der Waals surface area contributed by atoms with Gasteiger partial charge in [-0.2, -0.15) is 0 Å².